The zero-order valence-corrected chi connectivity index (χ0v) is 11.1. The highest BCUT2D eigenvalue weighted by atomic mass is 35.5. The maximum Gasteiger partial charge on any atom is 0.221 e. The fraction of sp³-hybridized carbons (Fsp3) is 0.385. The highest BCUT2D eigenvalue weighted by Crippen LogP contribution is 2.09. The van der Waals surface area contributed by atoms with E-state index >= 15 is 0 Å². The van der Waals surface area contributed by atoms with Crippen LogP contribution in [-0.2, 0) is 16.1 Å². The van der Waals surface area contributed by atoms with Gasteiger partial charge >= 0.3 is 0 Å². The molecule has 18 heavy (non-hydrogen) atoms. The first-order chi connectivity index (χ1) is 8.61. The van der Waals surface area contributed by atoms with Crippen LogP contribution in [0, 0.1) is 0 Å². The van der Waals surface area contributed by atoms with E-state index in [-0.39, 0.29) is 11.8 Å². The van der Waals surface area contributed by atoms with E-state index in [0.29, 0.717) is 25.3 Å². The first kappa shape index (κ1) is 14.5. The Morgan fingerprint density at radius 1 is 1.22 bits per heavy atom. The summed E-state index contributed by atoms with van der Waals surface area (Å²) >= 11 is 5.51. The van der Waals surface area contributed by atoms with Crippen LogP contribution in [0.25, 0.3) is 0 Å². The third-order valence-electron chi connectivity index (χ3n) is 2.30. The molecule has 0 saturated carbocycles. The van der Waals surface area contributed by atoms with Gasteiger partial charge in [-0.25, -0.2) is 0 Å². The lowest BCUT2D eigenvalue weighted by atomic mass is 10.2. The number of rotatable bonds is 6. The number of hydrogen-bond donors (Lipinski definition) is 2. The molecule has 4 nitrogen and oxygen atoms in total. The second-order valence-corrected chi connectivity index (χ2v) is 4.33. The van der Waals surface area contributed by atoms with Gasteiger partial charge in [0.2, 0.25) is 11.8 Å². The molecule has 0 aromatic heterocycles. The molecule has 0 aliphatic rings. The molecule has 2 N–H and O–H groups in total. The van der Waals surface area contributed by atoms with Crippen LogP contribution in [-0.4, -0.2) is 17.7 Å². The number of anilines is 1. The van der Waals surface area contributed by atoms with Crippen molar-refractivity contribution in [2.24, 2.45) is 0 Å². The van der Waals surface area contributed by atoms with Crippen LogP contribution in [0.4, 0.5) is 5.69 Å². The fourth-order valence-electron chi connectivity index (χ4n) is 1.43. The highest BCUT2D eigenvalue weighted by Gasteiger charge is 2.01. The van der Waals surface area contributed by atoms with E-state index in [1.54, 1.807) is 0 Å². The van der Waals surface area contributed by atoms with Crippen LogP contribution in [0.5, 0.6) is 0 Å². The molecule has 0 saturated heterocycles. The van der Waals surface area contributed by atoms with Crippen molar-refractivity contribution in [3.63, 3.8) is 0 Å². The second kappa shape index (κ2) is 7.71. The van der Waals surface area contributed by atoms with E-state index in [1.165, 1.54) is 6.92 Å². The molecule has 0 radical (unpaired) electrons. The van der Waals surface area contributed by atoms with Gasteiger partial charge in [-0.05, 0) is 24.1 Å². The predicted octanol–water partition coefficient (Wildman–Crippen LogP) is 2.28. The van der Waals surface area contributed by atoms with Gasteiger partial charge in [0.25, 0.3) is 0 Å². The Morgan fingerprint density at radius 3 is 2.44 bits per heavy atom. The molecule has 0 heterocycles. The van der Waals surface area contributed by atoms with Gasteiger partial charge in [-0.15, -0.1) is 11.6 Å². The summed E-state index contributed by atoms with van der Waals surface area (Å²) in [5.41, 5.74) is 1.74. The van der Waals surface area contributed by atoms with Crippen LogP contribution >= 0.6 is 11.6 Å². The van der Waals surface area contributed by atoms with Crippen molar-refractivity contribution in [2.45, 2.75) is 26.3 Å². The zero-order valence-electron chi connectivity index (χ0n) is 10.3. The van der Waals surface area contributed by atoms with E-state index < -0.39 is 0 Å². The van der Waals surface area contributed by atoms with E-state index in [2.05, 4.69) is 10.6 Å². The molecular formula is C13H17ClN2O2. The standard InChI is InChI=1S/C13H17ClN2O2/c1-10(17)16-12-6-4-11(5-7-12)9-15-13(18)3-2-8-14/h4-7H,2-3,8-9H2,1H3,(H,15,18)(H,16,17). The highest BCUT2D eigenvalue weighted by molar-refractivity contribution is 6.17. The predicted molar refractivity (Wildman–Crippen MR) is 72.5 cm³/mol. The minimum absolute atomic E-state index is 0.00147. The molecule has 0 aliphatic carbocycles. The molecule has 0 bridgehead atoms. The molecular weight excluding hydrogens is 252 g/mol. The minimum atomic E-state index is -0.0999. The lowest BCUT2D eigenvalue weighted by Gasteiger charge is -2.06. The summed E-state index contributed by atoms with van der Waals surface area (Å²) in [6.45, 7) is 1.95. The summed E-state index contributed by atoms with van der Waals surface area (Å²) in [7, 11) is 0. The van der Waals surface area contributed by atoms with Crippen molar-refractivity contribution in [2.75, 3.05) is 11.2 Å². The Kier molecular flexibility index (Phi) is 6.22. The molecule has 0 unspecified atom stereocenters. The van der Waals surface area contributed by atoms with Crippen LogP contribution in [0.3, 0.4) is 0 Å². The summed E-state index contributed by atoms with van der Waals surface area (Å²) in [4.78, 5) is 22.2. The molecule has 98 valence electrons. The Hall–Kier alpha value is -1.55. The maximum absolute atomic E-state index is 11.4. The number of carbonyl (C=O) groups is 2. The summed E-state index contributed by atoms with van der Waals surface area (Å²) in [5, 5.41) is 5.49. The lowest BCUT2D eigenvalue weighted by Crippen LogP contribution is -2.22. The topological polar surface area (TPSA) is 58.2 Å². The minimum Gasteiger partial charge on any atom is -0.352 e. The Balaban J connectivity index is 2.39. The van der Waals surface area contributed by atoms with Crippen molar-refractivity contribution >= 4 is 29.1 Å². The molecule has 5 heteroatoms. The van der Waals surface area contributed by atoms with Gasteiger partial charge in [0, 0.05) is 31.5 Å². The quantitative estimate of drug-likeness (QED) is 0.778. The molecule has 0 fully saturated rings. The number of hydrogen-bond acceptors (Lipinski definition) is 2. The summed E-state index contributed by atoms with van der Waals surface area (Å²) in [6.07, 6.45) is 1.14. The summed E-state index contributed by atoms with van der Waals surface area (Å²) in [6, 6.07) is 7.35. The van der Waals surface area contributed by atoms with Crippen molar-refractivity contribution in [1.82, 2.24) is 5.32 Å². The number of halogens is 1. The van der Waals surface area contributed by atoms with Crippen LogP contribution < -0.4 is 10.6 Å². The Labute approximate surface area is 112 Å². The average molecular weight is 269 g/mol. The average Bonchev–Trinajstić information content (AvgIpc) is 2.35. The smallest absolute Gasteiger partial charge is 0.221 e. The molecule has 0 spiro atoms. The molecule has 1 rings (SSSR count). The van der Waals surface area contributed by atoms with E-state index in [9.17, 15) is 9.59 Å². The van der Waals surface area contributed by atoms with Crippen molar-refractivity contribution < 1.29 is 9.59 Å². The molecule has 1 aromatic carbocycles. The summed E-state index contributed by atoms with van der Waals surface area (Å²) in [5.74, 6) is 0.400. The monoisotopic (exact) mass is 268 g/mol. The van der Waals surface area contributed by atoms with Gasteiger partial charge in [-0.3, -0.25) is 9.59 Å². The van der Waals surface area contributed by atoms with E-state index in [0.717, 1.165) is 11.3 Å². The Bertz CT molecular complexity index is 404. The third kappa shape index (κ3) is 5.68. The van der Waals surface area contributed by atoms with Gasteiger partial charge in [-0.2, -0.15) is 0 Å². The molecule has 0 atom stereocenters. The number of benzene rings is 1. The zero-order chi connectivity index (χ0) is 13.4. The maximum atomic E-state index is 11.4. The first-order valence-corrected chi connectivity index (χ1v) is 6.34. The number of amides is 2. The van der Waals surface area contributed by atoms with Gasteiger partial charge in [0.15, 0.2) is 0 Å². The van der Waals surface area contributed by atoms with Crippen molar-refractivity contribution in [3.05, 3.63) is 29.8 Å². The van der Waals surface area contributed by atoms with Crippen molar-refractivity contribution in [1.29, 1.82) is 0 Å². The lowest BCUT2D eigenvalue weighted by molar-refractivity contribution is -0.121. The van der Waals surface area contributed by atoms with Crippen LogP contribution in [0.15, 0.2) is 24.3 Å². The van der Waals surface area contributed by atoms with Gasteiger partial charge in [0.05, 0.1) is 0 Å². The van der Waals surface area contributed by atoms with Crippen LogP contribution in [0.1, 0.15) is 25.3 Å². The largest absolute Gasteiger partial charge is 0.352 e. The number of alkyl halides is 1. The normalized spacial score (nSPS) is 9.89. The van der Waals surface area contributed by atoms with Gasteiger partial charge < -0.3 is 10.6 Å². The van der Waals surface area contributed by atoms with E-state index in [1.807, 2.05) is 24.3 Å². The van der Waals surface area contributed by atoms with Crippen LogP contribution in [0.2, 0.25) is 0 Å². The van der Waals surface area contributed by atoms with Gasteiger partial charge in [-0.1, -0.05) is 12.1 Å². The molecule has 1 aromatic rings. The SMILES string of the molecule is CC(=O)Nc1ccc(CNC(=O)CCCCl)cc1. The number of carbonyl (C=O) groups excluding carboxylic acids is 2. The van der Waals surface area contributed by atoms with Gasteiger partial charge in [0.1, 0.15) is 0 Å². The molecule has 0 aliphatic heterocycles. The number of nitrogens with one attached hydrogen (secondary N) is 2. The van der Waals surface area contributed by atoms with Crippen molar-refractivity contribution in [3.8, 4) is 0 Å². The fourth-order valence-corrected chi connectivity index (χ4v) is 1.56. The Morgan fingerprint density at radius 2 is 1.89 bits per heavy atom. The first-order valence-electron chi connectivity index (χ1n) is 5.81. The van der Waals surface area contributed by atoms with E-state index in [4.69, 9.17) is 11.6 Å². The molecule has 2 amide bonds. The summed E-state index contributed by atoms with van der Waals surface area (Å²) < 4.78 is 0. The third-order valence-corrected chi connectivity index (χ3v) is 2.57. The second-order valence-electron chi connectivity index (χ2n) is 3.95.